The molecule has 1 atom stereocenters. The Balaban J connectivity index is 1.30. The van der Waals surface area contributed by atoms with Crippen molar-refractivity contribution in [2.45, 2.75) is 77.0 Å². The topological polar surface area (TPSA) is 95.7 Å². The number of aromatic nitrogens is 3. The molecule has 5 rings (SSSR count). The van der Waals surface area contributed by atoms with E-state index >= 15 is 0 Å². The second-order valence-electron chi connectivity index (χ2n) is 11.4. The Morgan fingerprint density at radius 3 is 2.74 bits per heavy atom. The van der Waals surface area contributed by atoms with Gasteiger partial charge < -0.3 is 19.3 Å². The molecule has 1 aliphatic heterocycles. The first kappa shape index (κ1) is 26.1. The van der Waals surface area contributed by atoms with Crippen LogP contribution in [0.4, 0.5) is 0 Å². The number of carboxylic acid groups (broad SMARTS) is 1. The summed E-state index contributed by atoms with van der Waals surface area (Å²) in [5, 5.41) is 14.3. The minimum absolute atomic E-state index is 0.0139. The van der Waals surface area contributed by atoms with Gasteiger partial charge in [0, 0.05) is 42.4 Å². The Morgan fingerprint density at radius 1 is 1.13 bits per heavy atom. The first-order chi connectivity index (χ1) is 18.2. The lowest BCUT2D eigenvalue weighted by Crippen LogP contribution is -2.15. The maximum Gasteiger partial charge on any atom is 0.303 e. The van der Waals surface area contributed by atoms with Crippen LogP contribution < -0.4 is 14.2 Å². The van der Waals surface area contributed by atoms with Gasteiger partial charge in [0.05, 0.1) is 18.7 Å². The highest BCUT2D eigenvalue weighted by Gasteiger charge is 2.29. The van der Waals surface area contributed by atoms with Gasteiger partial charge >= 0.3 is 5.97 Å². The Bertz CT molecular complexity index is 1320. The predicted octanol–water partition coefficient (Wildman–Crippen LogP) is 5.14. The predicted molar refractivity (Wildman–Crippen MR) is 143 cm³/mol. The van der Waals surface area contributed by atoms with Crippen LogP contribution in [0.1, 0.15) is 79.7 Å². The minimum atomic E-state index is -0.852. The van der Waals surface area contributed by atoms with Gasteiger partial charge in [0.25, 0.3) is 0 Å². The van der Waals surface area contributed by atoms with E-state index in [-0.39, 0.29) is 24.5 Å². The van der Waals surface area contributed by atoms with Crippen LogP contribution in [0.3, 0.4) is 0 Å². The van der Waals surface area contributed by atoms with Gasteiger partial charge in [-0.15, -0.1) is 0 Å². The number of aryl methyl sites for hydroxylation is 3. The van der Waals surface area contributed by atoms with Gasteiger partial charge in [-0.3, -0.25) is 9.78 Å². The maximum absolute atomic E-state index is 11.8. The summed E-state index contributed by atoms with van der Waals surface area (Å²) in [4.78, 5) is 16.7. The van der Waals surface area contributed by atoms with Crippen molar-refractivity contribution in [1.82, 2.24) is 14.8 Å². The summed E-state index contributed by atoms with van der Waals surface area (Å²) < 4.78 is 19.2. The molecule has 0 saturated carbocycles. The van der Waals surface area contributed by atoms with Crippen molar-refractivity contribution in [3.05, 3.63) is 64.1 Å². The number of ether oxygens (including phenoxy) is 3. The van der Waals surface area contributed by atoms with E-state index < -0.39 is 5.97 Å². The van der Waals surface area contributed by atoms with Crippen LogP contribution in [-0.2, 0) is 42.9 Å². The Morgan fingerprint density at radius 2 is 1.95 bits per heavy atom. The van der Waals surface area contributed by atoms with Crippen LogP contribution in [0.2, 0.25) is 0 Å². The van der Waals surface area contributed by atoms with Crippen LogP contribution in [-0.4, -0.2) is 39.2 Å². The number of aliphatic carboxylic acids is 1. The molecule has 0 spiro atoms. The van der Waals surface area contributed by atoms with Crippen LogP contribution in [0.15, 0.2) is 30.3 Å². The monoisotopic (exact) mass is 519 g/mol. The third kappa shape index (κ3) is 5.79. The van der Waals surface area contributed by atoms with Crippen LogP contribution in [0, 0.1) is 0 Å². The van der Waals surface area contributed by atoms with Crippen molar-refractivity contribution in [2.24, 2.45) is 7.05 Å². The zero-order valence-corrected chi connectivity index (χ0v) is 22.7. The number of rotatable bonds is 9. The summed E-state index contributed by atoms with van der Waals surface area (Å²) in [6, 6.07) is 10.2. The molecular weight excluding hydrogens is 482 g/mol. The van der Waals surface area contributed by atoms with Gasteiger partial charge in [-0.25, -0.2) is 4.68 Å². The minimum Gasteiger partial charge on any atom is -0.481 e. The van der Waals surface area contributed by atoms with E-state index in [9.17, 15) is 9.90 Å². The molecule has 1 aromatic carbocycles. The van der Waals surface area contributed by atoms with Gasteiger partial charge in [-0.05, 0) is 60.8 Å². The molecule has 1 N–H and O–H groups in total. The van der Waals surface area contributed by atoms with Gasteiger partial charge in [0.15, 0.2) is 11.5 Å². The van der Waals surface area contributed by atoms with Crippen molar-refractivity contribution in [3.63, 3.8) is 0 Å². The van der Waals surface area contributed by atoms with E-state index in [0.29, 0.717) is 24.7 Å². The number of pyridine rings is 1. The Hall–Kier alpha value is -3.55. The van der Waals surface area contributed by atoms with E-state index in [2.05, 4.69) is 44.1 Å². The third-order valence-corrected chi connectivity index (χ3v) is 7.38. The van der Waals surface area contributed by atoms with E-state index in [1.54, 1.807) is 4.68 Å². The number of nitrogens with zero attached hydrogens (tertiary/aromatic N) is 3. The van der Waals surface area contributed by atoms with Crippen molar-refractivity contribution >= 4 is 5.97 Å². The number of carboxylic acids is 1. The van der Waals surface area contributed by atoms with E-state index in [1.807, 2.05) is 19.2 Å². The fraction of sp³-hybridized carbons (Fsp3) is 0.500. The molecular formula is C30H37N3O5. The summed E-state index contributed by atoms with van der Waals surface area (Å²) in [5.41, 5.74) is 6.19. The fourth-order valence-electron chi connectivity index (χ4n) is 5.36. The molecule has 0 saturated heterocycles. The highest BCUT2D eigenvalue weighted by atomic mass is 16.7. The second-order valence-corrected chi connectivity index (χ2v) is 11.4. The van der Waals surface area contributed by atoms with Gasteiger partial charge in [-0.1, -0.05) is 32.9 Å². The largest absolute Gasteiger partial charge is 0.481 e. The average molecular weight is 520 g/mol. The molecule has 0 unspecified atom stereocenters. The smallest absolute Gasteiger partial charge is 0.303 e. The Kier molecular flexibility index (Phi) is 7.32. The molecule has 3 heterocycles. The van der Waals surface area contributed by atoms with E-state index in [4.69, 9.17) is 19.2 Å². The van der Waals surface area contributed by atoms with Crippen molar-refractivity contribution in [1.29, 1.82) is 0 Å². The molecule has 0 bridgehead atoms. The van der Waals surface area contributed by atoms with Crippen LogP contribution in [0.5, 0.6) is 17.4 Å². The van der Waals surface area contributed by atoms with Crippen LogP contribution >= 0.6 is 0 Å². The summed E-state index contributed by atoms with van der Waals surface area (Å²) in [6.07, 6.45) is 5.84. The van der Waals surface area contributed by atoms with Gasteiger partial charge in [0.2, 0.25) is 12.7 Å². The molecule has 0 fully saturated rings. The molecule has 0 amide bonds. The first-order valence-corrected chi connectivity index (χ1v) is 13.5. The Labute approximate surface area is 223 Å². The van der Waals surface area contributed by atoms with Gasteiger partial charge in [-0.2, -0.15) is 5.10 Å². The number of hydrogen-bond acceptors (Lipinski definition) is 6. The lowest BCUT2D eigenvalue weighted by atomic mass is 9.82. The zero-order chi connectivity index (χ0) is 26.9. The molecule has 2 aromatic heterocycles. The number of fused-ring (bicyclic) bond motifs is 2. The lowest BCUT2D eigenvalue weighted by molar-refractivity contribution is -0.137. The van der Waals surface area contributed by atoms with Gasteiger partial charge in [0.1, 0.15) is 0 Å². The summed E-state index contributed by atoms with van der Waals surface area (Å²) >= 11 is 0. The molecule has 38 heavy (non-hydrogen) atoms. The quantitative estimate of drug-likeness (QED) is 0.418. The number of carbonyl (C=O) groups is 1. The summed E-state index contributed by atoms with van der Waals surface area (Å²) in [7, 11) is 1.85. The summed E-state index contributed by atoms with van der Waals surface area (Å²) in [6.45, 7) is 7.01. The zero-order valence-electron chi connectivity index (χ0n) is 22.7. The first-order valence-electron chi connectivity index (χ1n) is 13.5. The van der Waals surface area contributed by atoms with E-state index in [1.165, 1.54) is 24.1 Å². The number of hydrogen-bond donors (Lipinski definition) is 1. The summed E-state index contributed by atoms with van der Waals surface area (Å²) in [5.74, 6) is 0.953. The molecule has 202 valence electrons. The van der Waals surface area contributed by atoms with Crippen molar-refractivity contribution < 1.29 is 24.1 Å². The molecule has 2 aliphatic rings. The molecule has 0 radical (unpaired) electrons. The lowest BCUT2D eigenvalue weighted by Gasteiger charge is -2.24. The molecule has 8 heteroatoms. The molecule has 1 aliphatic carbocycles. The fourth-order valence-corrected chi connectivity index (χ4v) is 5.36. The standard InChI is InChI=1S/C30H37N3O5/c1-30(2,3)24-14-21(15-26-29(24)38-18-37-26)20(16-28(34)35)13-23-17-27(33(4)32-23)36-12-11-22-10-9-19-7-5-6-8-25(19)31-22/h9-10,14-15,17,20H,5-8,11-13,16,18H2,1-4H3,(H,34,35)/t20-/m0/s1. The van der Waals surface area contributed by atoms with Crippen LogP contribution in [0.25, 0.3) is 0 Å². The second kappa shape index (κ2) is 10.7. The van der Waals surface area contributed by atoms with Crippen molar-refractivity contribution in [2.75, 3.05) is 13.4 Å². The highest BCUT2D eigenvalue weighted by Crippen LogP contribution is 2.44. The molecule has 8 nitrogen and oxygen atoms in total. The van der Waals surface area contributed by atoms with E-state index in [0.717, 1.165) is 47.5 Å². The average Bonchev–Trinajstić information content (AvgIpc) is 3.48. The maximum atomic E-state index is 11.8. The van der Waals surface area contributed by atoms with Crippen molar-refractivity contribution in [3.8, 4) is 17.4 Å². The number of benzene rings is 1. The SMILES string of the molecule is Cn1nc(C[C@@H](CC(=O)O)c2cc3c(c(C(C)(C)C)c2)OCO3)cc1OCCc1ccc2c(n1)CCCC2. The molecule has 3 aromatic rings. The highest BCUT2D eigenvalue weighted by molar-refractivity contribution is 5.68. The normalized spacial score (nSPS) is 15.3. The third-order valence-electron chi connectivity index (χ3n) is 7.38.